The minimum absolute atomic E-state index is 0.134. The van der Waals surface area contributed by atoms with Crippen LogP contribution in [0.4, 0.5) is 0 Å². The number of nitrogens with one attached hydrogen (secondary N) is 1. The number of nitrogens with zero attached hydrogens (tertiary/aromatic N) is 1. The van der Waals surface area contributed by atoms with Crippen molar-refractivity contribution in [2.45, 2.75) is 32.5 Å². The van der Waals surface area contributed by atoms with Crippen LogP contribution in [0.3, 0.4) is 0 Å². The van der Waals surface area contributed by atoms with Crippen molar-refractivity contribution in [3.05, 3.63) is 56.7 Å². The van der Waals surface area contributed by atoms with Crippen LogP contribution in [0.1, 0.15) is 22.9 Å². The number of thiophene rings is 1. The summed E-state index contributed by atoms with van der Waals surface area (Å²) < 4.78 is 0.767. The second-order valence-corrected chi connectivity index (χ2v) is 7.26. The summed E-state index contributed by atoms with van der Waals surface area (Å²) in [7, 11) is 0. The van der Waals surface area contributed by atoms with Gasteiger partial charge in [0.2, 0.25) is 5.91 Å². The summed E-state index contributed by atoms with van der Waals surface area (Å²) in [6.07, 6.45) is 0.761. The molecule has 1 N–H and O–H groups in total. The molecule has 0 saturated heterocycles. The maximum absolute atomic E-state index is 12.8. The number of halogens is 1. The van der Waals surface area contributed by atoms with E-state index in [1.54, 1.807) is 0 Å². The van der Waals surface area contributed by atoms with E-state index in [0.717, 1.165) is 22.2 Å². The molecular weight excluding hydrogens is 316 g/mol. The van der Waals surface area contributed by atoms with Crippen LogP contribution >= 0.6 is 22.9 Å². The van der Waals surface area contributed by atoms with Gasteiger partial charge in [0, 0.05) is 18.0 Å². The zero-order valence-electron chi connectivity index (χ0n) is 12.5. The van der Waals surface area contributed by atoms with E-state index >= 15 is 0 Å². The van der Waals surface area contributed by atoms with Gasteiger partial charge in [0.1, 0.15) is 0 Å². The topological polar surface area (TPSA) is 32.3 Å². The van der Waals surface area contributed by atoms with Crippen molar-refractivity contribution >= 4 is 28.8 Å². The van der Waals surface area contributed by atoms with E-state index in [0.29, 0.717) is 13.1 Å². The molecule has 0 aliphatic carbocycles. The summed E-state index contributed by atoms with van der Waals surface area (Å²) in [5.41, 5.74) is 2.56. The van der Waals surface area contributed by atoms with E-state index in [1.807, 2.05) is 36.1 Å². The highest BCUT2D eigenvalue weighted by Gasteiger charge is 2.27. The summed E-state index contributed by atoms with van der Waals surface area (Å²) >= 11 is 7.51. The van der Waals surface area contributed by atoms with Crippen molar-refractivity contribution < 1.29 is 4.79 Å². The number of benzene rings is 1. The monoisotopic (exact) mass is 334 g/mol. The van der Waals surface area contributed by atoms with Crippen molar-refractivity contribution in [3.8, 4) is 0 Å². The van der Waals surface area contributed by atoms with E-state index in [2.05, 4.69) is 17.4 Å². The van der Waals surface area contributed by atoms with Gasteiger partial charge in [-0.1, -0.05) is 35.9 Å². The van der Waals surface area contributed by atoms with E-state index in [1.165, 1.54) is 22.5 Å². The molecule has 1 unspecified atom stereocenters. The van der Waals surface area contributed by atoms with Gasteiger partial charge in [-0.25, -0.2) is 0 Å². The standard InChI is InChI=1S/C17H19ClN2OS/c1-2-20(11-14-7-8-16(18)22-14)17(21)15-9-12-5-3-4-6-13(12)10-19-15/h3-8,15,19H,2,9-11H2,1H3. The molecule has 2 aromatic rings. The Bertz CT molecular complexity index is 670. The third-order valence-corrected chi connectivity index (χ3v) is 5.26. The number of amides is 1. The average Bonchev–Trinajstić information content (AvgIpc) is 2.96. The molecule has 0 fully saturated rings. The maximum Gasteiger partial charge on any atom is 0.240 e. The summed E-state index contributed by atoms with van der Waals surface area (Å²) in [6.45, 7) is 4.11. The fraction of sp³-hybridized carbons (Fsp3) is 0.353. The van der Waals surface area contributed by atoms with Gasteiger partial charge in [0.05, 0.1) is 16.9 Å². The molecular formula is C17H19ClN2OS. The summed E-state index contributed by atoms with van der Waals surface area (Å²) in [5.74, 6) is 0.168. The van der Waals surface area contributed by atoms with Crippen molar-refractivity contribution in [1.82, 2.24) is 10.2 Å². The predicted molar refractivity (Wildman–Crippen MR) is 91.2 cm³/mol. The molecule has 3 nitrogen and oxygen atoms in total. The van der Waals surface area contributed by atoms with Gasteiger partial charge < -0.3 is 10.2 Å². The molecule has 3 rings (SSSR count). The van der Waals surface area contributed by atoms with Gasteiger partial charge in [-0.3, -0.25) is 4.79 Å². The van der Waals surface area contributed by atoms with Gasteiger partial charge in [-0.05, 0) is 36.6 Å². The van der Waals surface area contributed by atoms with E-state index < -0.39 is 0 Å². The number of hydrogen-bond acceptors (Lipinski definition) is 3. The Labute approximate surface area is 139 Å². The lowest BCUT2D eigenvalue weighted by Gasteiger charge is -2.30. The van der Waals surface area contributed by atoms with Crippen LogP contribution in [-0.4, -0.2) is 23.4 Å². The lowest BCUT2D eigenvalue weighted by molar-refractivity contribution is -0.134. The van der Waals surface area contributed by atoms with Crippen molar-refractivity contribution in [2.75, 3.05) is 6.54 Å². The van der Waals surface area contributed by atoms with Crippen LogP contribution < -0.4 is 5.32 Å². The Hall–Kier alpha value is -1.36. The van der Waals surface area contributed by atoms with Crippen LogP contribution in [0.2, 0.25) is 4.34 Å². The second-order valence-electron chi connectivity index (χ2n) is 5.46. The number of likely N-dealkylation sites (N-methyl/N-ethyl adjacent to an activating group) is 1. The Kier molecular flexibility index (Phi) is 4.81. The smallest absolute Gasteiger partial charge is 0.240 e. The molecule has 116 valence electrons. The number of rotatable bonds is 4. The summed E-state index contributed by atoms with van der Waals surface area (Å²) in [4.78, 5) is 15.8. The molecule has 2 heterocycles. The molecule has 1 aliphatic rings. The van der Waals surface area contributed by atoms with Crippen LogP contribution in [0.25, 0.3) is 0 Å². The second kappa shape index (κ2) is 6.82. The van der Waals surface area contributed by atoms with Crippen molar-refractivity contribution in [1.29, 1.82) is 0 Å². The molecule has 1 aromatic heterocycles. The fourth-order valence-electron chi connectivity index (χ4n) is 2.82. The van der Waals surface area contributed by atoms with Crippen LogP contribution in [0.5, 0.6) is 0 Å². The Morgan fingerprint density at radius 2 is 2.09 bits per heavy atom. The van der Waals surface area contributed by atoms with Gasteiger partial charge in [0.15, 0.2) is 0 Å². The Morgan fingerprint density at radius 1 is 1.32 bits per heavy atom. The molecule has 0 radical (unpaired) electrons. The Morgan fingerprint density at radius 3 is 2.77 bits per heavy atom. The van der Waals surface area contributed by atoms with Gasteiger partial charge >= 0.3 is 0 Å². The molecule has 0 bridgehead atoms. The van der Waals surface area contributed by atoms with Crippen LogP contribution in [0.15, 0.2) is 36.4 Å². The first kappa shape index (κ1) is 15.5. The fourth-order valence-corrected chi connectivity index (χ4v) is 3.92. The number of carbonyl (C=O) groups excluding carboxylic acids is 1. The lowest BCUT2D eigenvalue weighted by atomic mass is 9.95. The van der Waals surface area contributed by atoms with Gasteiger partial charge in [-0.15, -0.1) is 11.3 Å². The molecule has 0 saturated carbocycles. The minimum Gasteiger partial charge on any atom is -0.336 e. The number of carbonyl (C=O) groups is 1. The van der Waals surface area contributed by atoms with Crippen molar-refractivity contribution in [3.63, 3.8) is 0 Å². The Balaban J connectivity index is 1.69. The van der Waals surface area contributed by atoms with E-state index in [-0.39, 0.29) is 11.9 Å². The maximum atomic E-state index is 12.8. The van der Waals surface area contributed by atoms with Crippen LogP contribution in [0, 0.1) is 0 Å². The minimum atomic E-state index is -0.134. The lowest BCUT2D eigenvalue weighted by Crippen LogP contribution is -2.49. The normalized spacial score (nSPS) is 17.1. The third-order valence-electron chi connectivity index (χ3n) is 4.05. The highest BCUT2D eigenvalue weighted by atomic mass is 35.5. The first-order chi connectivity index (χ1) is 10.7. The molecule has 5 heteroatoms. The van der Waals surface area contributed by atoms with Crippen LogP contribution in [-0.2, 0) is 24.3 Å². The van der Waals surface area contributed by atoms with Gasteiger partial charge in [0.25, 0.3) is 0 Å². The quantitative estimate of drug-likeness (QED) is 0.928. The molecule has 1 aromatic carbocycles. The zero-order chi connectivity index (χ0) is 15.5. The predicted octanol–water partition coefficient (Wildman–Crippen LogP) is 3.46. The molecule has 1 amide bonds. The number of hydrogen-bond donors (Lipinski definition) is 1. The van der Waals surface area contributed by atoms with Gasteiger partial charge in [-0.2, -0.15) is 0 Å². The molecule has 1 aliphatic heterocycles. The first-order valence-electron chi connectivity index (χ1n) is 7.50. The molecule has 22 heavy (non-hydrogen) atoms. The highest BCUT2D eigenvalue weighted by Crippen LogP contribution is 2.23. The SMILES string of the molecule is CCN(Cc1ccc(Cl)s1)C(=O)C1Cc2ccccc2CN1. The third kappa shape index (κ3) is 3.35. The zero-order valence-corrected chi connectivity index (χ0v) is 14.1. The molecule has 1 atom stereocenters. The van der Waals surface area contributed by atoms with Crippen molar-refractivity contribution in [2.24, 2.45) is 0 Å². The highest BCUT2D eigenvalue weighted by molar-refractivity contribution is 7.16. The van der Waals surface area contributed by atoms with E-state index in [9.17, 15) is 4.79 Å². The first-order valence-corrected chi connectivity index (χ1v) is 8.70. The summed E-state index contributed by atoms with van der Waals surface area (Å²) in [5, 5.41) is 3.37. The largest absolute Gasteiger partial charge is 0.336 e. The summed E-state index contributed by atoms with van der Waals surface area (Å²) in [6, 6.07) is 12.1. The van der Waals surface area contributed by atoms with E-state index in [4.69, 9.17) is 11.6 Å². The number of fused-ring (bicyclic) bond motifs is 1. The molecule has 0 spiro atoms. The average molecular weight is 335 g/mol.